The average molecular weight is 362 g/mol. The molecule has 0 bridgehead atoms. The van der Waals surface area contributed by atoms with Crippen molar-refractivity contribution in [1.82, 2.24) is 9.97 Å². The SMILES string of the molecule is N#CC(C#N)=NCc1ccc2nc(NC(=O)c3ncccc3O)sc2c1. The van der Waals surface area contributed by atoms with Crippen LogP contribution in [0, 0.1) is 22.7 Å². The van der Waals surface area contributed by atoms with Crippen molar-refractivity contribution in [3.05, 3.63) is 47.8 Å². The van der Waals surface area contributed by atoms with Crippen molar-refractivity contribution in [1.29, 1.82) is 10.5 Å². The molecule has 0 aliphatic carbocycles. The van der Waals surface area contributed by atoms with Crippen LogP contribution in [0.1, 0.15) is 16.1 Å². The zero-order valence-corrected chi connectivity index (χ0v) is 14.0. The fraction of sp³-hybridized carbons (Fsp3) is 0.0588. The van der Waals surface area contributed by atoms with E-state index in [1.165, 1.54) is 29.7 Å². The van der Waals surface area contributed by atoms with E-state index in [0.717, 1.165) is 10.3 Å². The van der Waals surface area contributed by atoms with E-state index in [2.05, 4.69) is 20.3 Å². The first-order chi connectivity index (χ1) is 12.6. The van der Waals surface area contributed by atoms with E-state index < -0.39 is 5.91 Å². The van der Waals surface area contributed by atoms with Crippen LogP contribution < -0.4 is 5.32 Å². The lowest BCUT2D eigenvalue weighted by molar-refractivity contribution is 0.101. The number of carbonyl (C=O) groups is 1. The minimum Gasteiger partial charge on any atom is -0.505 e. The molecule has 9 heteroatoms. The van der Waals surface area contributed by atoms with Crippen LogP contribution in [-0.2, 0) is 6.54 Å². The Balaban J connectivity index is 1.81. The summed E-state index contributed by atoms with van der Waals surface area (Å²) in [5, 5.41) is 30.1. The summed E-state index contributed by atoms with van der Waals surface area (Å²) < 4.78 is 0.814. The molecule has 2 heterocycles. The Morgan fingerprint density at radius 3 is 2.85 bits per heavy atom. The van der Waals surface area contributed by atoms with Crippen LogP contribution in [0.25, 0.3) is 10.2 Å². The number of amides is 1. The Morgan fingerprint density at radius 2 is 2.12 bits per heavy atom. The van der Waals surface area contributed by atoms with Gasteiger partial charge in [-0.2, -0.15) is 10.5 Å². The maximum atomic E-state index is 12.2. The summed E-state index contributed by atoms with van der Waals surface area (Å²) in [5.41, 5.74) is 1.23. The Kier molecular flexibility index (Phi) is 4.83. The van der Waals surface area contributed by atoms with Crippen LogP contribution in [0.5, 0.6) is 5.75 Å². The summed E-state index contributed by atoms with van der Waals surface area (Å²) in [5.74, 6) is -0.767. The molecule has 126 valence electrons. The maximum Gasteiger partial charge on any atom is 0.279 e. The van der Waals surface area contributed by atoms with E-state index in [9.17, 15) is 9.90 Å². The minimum absolute atomic E-state index is 0.0812. The number of thiazole rings is 1. The highest BCUT2D eigenvalue weighted by Gasteiger charge is 2.14. The molecule has 2 N–H and O–H groups in total. The number of nitriles is 2. The molecule has 0 radical (unpaired) electrons. The van der Waals surface area contributed by atoms with Gasteiger partial charge in [-0.1, -0.05) is 17.4 Å². The fourth-order valence-electron chi connectivity index (χ4n) is 2.11. The Labute approximate surface area is 151 Å². The van der Waals surface area contributed by atoms with Crippen LogP contribution in [0.2, 0.25) is 0 Å². The third-order valence-corrected chi connectivity index (χ3v) is 4.24. The lowest BCUT2D eigenvalue weighted by Gasteiger charge is -2.01. The summed E-state index contributed by atoms with van der Waals surface area (Å²) in [6.07, 6.45) is 1.41. The number of carbonyl (C=O) groups excluding carboxylic acids is 1. The highest BCUT2D eigenvalue weighted by atomic mass is 32.1. The first kappa shape index (κ1) is 17.0. The fourth-order valence-corrected chi connectivity index (χ4v) is 3.04. The highest BCUT2D eigenvalue weighted by Crippen LogP contribution is 2.28. The second kappa shape index (κ2) is 7.38. The third-order valence-electron chi connectivity index (χ3n) is 3.31. The highest BCUT2D eigenvalue weighted by molar-refractivity contribution is 7.22. The standard InChI is InChI=1S/C17H10N6O2S/c18-7-11(8-19)21-9-10-3-4-12-14(6-10)26-17(22-12)23-16(25)15-13(24)2-1-5-20-15/h1-6,24H,9H2,(H,22,23,25). The molecule has 0 unspecified atom stereocenters. The van der Waals surface area contributed by atoms with Crippen molar-refractivity contribution in [2.45, 2.75) is 6.54 Å². The predicted molar refractivity (Wildman–Crippen MR) is 95.8 cm³/mol. The van der Waals surface area contributed by atoms with Gasteiger partial charge in [-0.25, -0.2) is 9.97 Å². The number of aromatic nitrogens is 2. The van der Waals surface area contributed by atoms with Gasteiger partial charge >= 0.3 is 0 Å². The molecule has 0 atom stereocenters. The molecule has 0 saturated heterocycles. The molecule has 26 heavy (non-hydrogen) atoms. The van der Waals surface area contributed by atoms with Gasteiger partial charge in [0.15, 0.2) is 10.8 Å². The molecule has 0 aliphatic rings. The number of aromatic hydroxyl groups is 1. The van der Waals surface area contributed by atoms with Gasteiger partial charge in [0.05, 0.1) is 16.8 Å². The summed E-state index contributed by atoms with van der Waals surface area (Å²) in [4.78, 5) is 24.3. The van der Waals surface area contributed by atoms with E-state index in [1.807, 2.05) is 6.07 Å². The Morgan fingerprint density at radius 1 is 1.31 bits per heavy atom. The molecular formula is C17H10N6O2S. The van der Waals surface area contributed by atoms with Crippen molar-refractivity contribution in [3.63, 3.8) is 0 Å². The molecule has 8 nitrogen and oxygen atoms in total. The molecule has 0 fully saturated rings. The zero-order valence-electron chi connectivity index (χ0n) is 13.2. The first-order valence-electron chi connectivity index (χ1n) is 7.30. The van der Waals surface area contributed by atoms with Crippen molar-refractivity contribution in [3.8, 4) is 17.9 Å². The summed E-state index contributed by atoms with van der Waals surface area (Å²) in [6.45, 7) is 0.202. The number of nitrogens with one attached hydrogen (secondary N) is 1. The van der Waals surface area contributed by atoms with Crippen LogP contribution >= 0.6 is 11.3 Å². The van der Waals surface area contributed by atoms with Gasteiger partial charge in [0, 0.05) is 6.20 Å². The Hall–Kier alpha value is -3.82. The molecule has 2 aromatic heterocycles. The minimum atomic E-state index is -0.556. The van der Waals surface area contributed by atoms with Crippen molar-refractivity contribution in [2.75, 3.05) is 5.32 Å². The quantitative estimate of drug-likeness (QED) is 0.685. The number of benzene rings is 1. The Bertz CT molecular complexity index is 1090. The monoisotopic (exact) mass is 362 g/mol. The molecule has 3 rings (SSSR count). The lowest BCUT2D eigenvalue weighted by Crippen LogP contribution is -2.13. The maximum absolute atomic E-state index is 12.2. The van der Waals surface area contributed by atoms with E-state index in [4.69, 9.17) is 10.5 Å². The van der Waals surface area contributed by atoms with E-state index >= 15 is 0 Å². The number of pyridine rings is 1. The van der Waals surface area contributed by atoms with Crippen LogP contribution in [0.4, 0.5) is 5.13 Å². The van der Waals surface area contributed by atoms with E-state index in [1.54, 1.807) is 24.3 Å². The van der Waals surface area contributed by atoms with E-state index in [-0.39, 0.29) is 23.7 Å². The summed E-state index contributed by atoms with van der Waals surface area (Å²) >= 11 is 1.26. The van der Waals surface area contributed by atoms with Crippen molar-refractivity contribution >= 4 is 38.3 Å². The number of hydrogen-bond acceptors (Lipinski definition) is 8. The summed E-state index contributed by atoms with van der Waals surface area (Å²) in [6, 6.07) is 11.7. The van der Waals surface area contributed by atoms with Gasteiger partial charge in [0.25, 0.3) is 5.91 Å². The van der Waals surface area contributed by atoms with Crippen LogP contribution in [0.15, 0.2) is 41.5 Å². The van der Waals surface area contributed by atoms with Gasteiger partial charge in [0.2, 0.25) is 5.71 Å². The molecule has 3 aromatic rings. The van der Waals surface area contributed by atoms with Crippen molar-refractivity contribution < 1.29 is 9.90 Å². The molecular weight excluding hydrogens is 352 g/mol. The van der Waals surface area contributed by atoms with Gasteiger partial charge < -0.3 is 5.11 Å². The van der Waals surface area contributed by atoms with Crippen LogP contribution in [0.3, 0.4) is 0 Å². The van der Waals surface area contributed by atoms with Crippen molar-refractivity contribution in [2.24, 2.45) is 4.99 Å². The number of anilines is 1. The smallest absolute Gasteiger partial charge is 0.279 e. The molecule has 0 spiro atoms. The second-order valence-corrected chi connectivity index (χ2v) is 6.07. The number of aliphatic imine (C=N–C) groups is 1. The summed E-state index contributed by atoms with van der Waals surface area (Å²) in [7, 11) is 0. The average Bonchev–Trinajstić information content (AvgIpc) is 3.04. The van der Waals surface area contributed by atoms with E-state index in [0.29, 0.717) is 10.6 Å². The third kappa shape index (κ3) is 3.64. The second-order valence-electron chi connectivity index (χ2n) is 5.03. The largest absolute Gasteiger partial charge is 0.505 e. The predicted octanol–water partition coefficient (Wildman–Crippen LogP) is 2.64. The van der Waals surface area contributed by atoms with Crippen LogP contribution in [-0.4, -0.2) is 26.7 Å². The number of hydrogen-bond donors (Lipinski definition) is 2. The van der Waals surface area contributed by atoms with Gasteiger partial charge in [0.1, 0.15) is 17.9 Å². The number of fused-ring (bicyclic) bond motifs is 1. The normalized spacial score (nSPS) is 9.92. The van der Waals surface area contributed by atoms with Gasteiger partial charge in [-0.15, -0.1) is 0 Å². The lowest BCUT2D eigenvalue weighted by atomic mass is 10.2. The molecule has 1 aromatic carbocycles. The van der Waals surface area contributed by atoms with Gasteiger partial charge in [-0.3, -0.25) is 15.1 Å². The number of rotatable bonds is 4. The zero-order chi connectivity index (χ0) is 18.5. The topological polar surface area (TPSA) is 135 Å². The van der Waals surface area contributed by atoms with Gasteiger partial charge in [-0.05, 0) is 29.8 Å². The molecule has 0 saturated carbocycles. The first-order valence-corrected chi connectivity index (χ1v) is 8.12. The number of nitrogens with zero attached hydrogens (tertiary/aromatic N) is 5. The molecule has 1 amide bonds. The molecule has 0 aliphatic heterocycles.